The summed E-state index contributed by atoms with van der Waals surface area (Å²) in [5.41, 5.74) is -4.66. The fourth-order valence-electron chi connectivity index (χ4n) is 1.96. The van der Waals surface area contributed by atoms with Crippen LogP contribution in [0.25, 0.3) is 0 Å². The normalized spacial score (nSPS) is 29.8. The van der Waals surface area contributed by atoms with Crippen molar-refractivity contribution in [1.82, 2.24) is 9.55 Å². The van der Waals surface area contributed by atoms with E-state index in [2.05, 4.69) is 0 Å². The Morgan fingerprint density at radius 3 is 2.48 bits per heavy atom. The minimum absolute atomic E-state index is 0.140. The van der Waals surface area contributed by atoms with Gasteiger partial charge in [0.05, 0.1) is 6.61 Å². The minimum Gasteiger partial charge on any atom is -0.394 e. The lowest BCUT2D eigenvalue weighted by Gasteiger charge is -2.18. The molecule has 0 amide bonds. The van der Waals surface area contributed by atoms with Crippen molar-refractivity contribution in [3.8, 4) is 0 Å². The molecule has 11 heteroatoms. The van der Waals surface area contributed by atoms with Crippen LogP contribution in [0.2, 0.25) is 0 Å². The predicted octanol–water partition coefficient (Wildman–Crippen LogP) is -0.856. The van der Waals surface area contributed by atoms with E-state index in [0.29, 0.717) is 0 Å². The summed E-state index contributed by atoms with van der Waals surface area (Å²) in [6.45, 7) is -0.834. The smallest absolute Gasteiger partial charge is 0.394 e. The first-order chi connectivity index (χ1) is 9.66. The summed E-state index contributed by atoms with van der Waals surface area (Å²) >= 11 is 0. The molecular weight excluding hydrogens is 304 g/mol. The third kappa shape index (κ3) is 2.71. The van der Waals surface area contributed by atoms with Crippen LogP contribution in [0.5, 0.6) is 0 Å². The van der Waals surface area contributed by atoms with Crippen LogP contribution >= 0.6 is 0 Å². The number of aliphatic hydroxyl groups excluding tert-OH is 2. The molecule has 0 aliphatic carbocycles. The van der Waals surface area contributed by atoms with Gasteiger partial charge in [0.1, 0.15) is 17.8 Å². The molecular formula is C10H10F4N2O5. The molecule has 0 aromatic carbocycles. The van der Waals surface area contributed by atoms with E-state index in [1.807, 2.05) is 0 Å². The summed E-state index contributed by atoms with van der Waals surface area (Å²) in [4.78, 5) is 24.0. The van der Waals surface area contributed by atoms with E-state index in [1.165, 1.54) is 4.98 Å². The highest BCUT2D eigenvalue weighted by molar-refractivity contribution is 5.10. The van der Waals surface area contributed by atoms with E-state index in [0.717, 1.165) is 0 Å². The number of rotatable bonds is 2. The lowest BCUT2D eigenvalue weighted by molar-refractivity contribution is -0.140. The Bertz CT molecular complexity index is 640. The third-order valence-electron chi connectivity index (χ3n) is 3.02. The fraction of sp³-hybridized carbons (Fsp3) is 0.600. The molecule has 1 saturated heterocycles. The quantitative estimate of drug-likeness (QED) is 0.617. The summed E-state index contributed by atoms with van der Waals surface area (Å²) in [7, 11) is 0. The maximum Gasteiger partial charge on any atom is 0.423 e. The fourth-order valence-corrected chi connectivity index (χ4v) is 1.96. The molecule has 1 aliphatic rings. The molecule has 1 aromatic heterocycles. The van der Waals surface area contributed by atoms with Gasteiger partial charge in [-0.3, -0.25) is 14.3 Å². The molecule has 118 valence electrons. The molecule has 0 bridgehead atoms. The van der Waals surface area contributed by atoms with Crippen LogP contribution in [-0.4, -0.2) is 44.8 Å². The number of nitrogens with one attached hydrogen (secondary N) is 1. The Labute approximate surface area is 113 Å². The van der Waals surface area contributed by atoms with Gasteiger partial charge in [-0.2, -0.15) is 13.2 Å². The van der Waals surface area contributed by atoms with Crippen LogP contribution in [-0.2, 0) is 10.9 Å². The van der Waals surface area contributed by atoms with E-state index in [1.54, 1.807) is 0 Å². The van der Waals surface area contributed by atoms with E-state index in [9.17, 15) is 32.3 Å². The molecule has 0 saturated carbocycles. The van der Waals surface area contributed by atoms with Gasteiger partial charge in [0.25, 0.3) is 5.56 Å². The van der Waals surface area contributed by atoms with Crippen molar-refractivity contribution in [1.29, 1.82) is 0 Å². The Morgan fingerprint density at radius 1 is 1.38 bits per heavy atom. The lowest BCUT2D eigenvalue weighted by Crippen LogP contribution is -2.39. The van der Waals surface area contributed by atoms with Gasteiger partial charge in [0.15, 0.2) is 12.4 Å². The largest absolute Gasteiger partial charge is 0.423 e. The van der Waals surface area contributed by atoms with Crippen molar-refractivity contribution in [3.05, 3.63) is 32.6 Å². The molecule has 1 aliphatic heterocycles. The number of ether oxygens (including phenoxy) is 1. The van der Waals surface area contributed by atoms with Crippen molar-refractivity contribution in [2.75, 3.05) is 6.61 Å². The highest BCUT2D eigenvalue weighted by Crippen LogP contribution is 2.31. The van der Waals surface area contributed by atoms with Crippen LogP contribution in [0.4, 0.5) is 17.6 Å². The lowest BCUT2D eigenvalue weighted by atomic mass is 10.1. The van der Waals surface area contributed by atoms with Gasteiger partial charge in [-0.05, 0) is 0 Å². The second-order valence-corrected chi connectivity index (χ2v) is 4.39. The SMILES string of the molecule is O=c1[nH]c(=O)n([C@H]2O[C@@H](CO)[C@H](F)[C@@H]2O)cc1C(F)(F)F. The van der Waals surface area contributed by atoms with Gasteiger partial charge >= 0.3 is 11.9 Å². The van der Waals surface area contributed by atoms with Gasteiger partial charge in [-0.15, -0.1) is 0 Å². The van der Waals surface area contributed by atoms with Crippen molar-refractivity contribution < 1.29 is 32.5 Å². The second-order valence-electron chi connectivity index (χ2n) is 4.39. The van der Waals surface area contributed by atoms with Crippen LogP contribution < -0.4 is 11.2 Å². The van der Waals surface area contributed by atoms with Crippen molar-refractivity contribution in [2.45, 2.75) is 30.8 Å². The van der Waals surface area contributed by atoms with E-state index in [-0.39, 0.29) is 10.8 Å². The van der Waals surface area contributed by atoms with Crippen LogP contribution in [0.3, 0.4) is 0 Å². The minimum atomic E-state index is -5.04. The predicted molar refractivity (Wildman–Crippen MR) is 58.2 cm³/mol. The number of hydrogen-bond acceptors (Lipinski definition) is 5. The maximum atomic E-state index is 13.5. The average Bonchev–Trinajstić information content (AvgIpc) is 2.65. The number of aliphatic hydroxyl groups is 2. The number of halogens is 4. The summed E-state index contributed by atoms with van der Waals surface area (Å²) in [6.07, 6.45) is -12.2. The number of hydrogen-bond donors (Lipinski definition) is 3. The van der Waals surface area contributed by atoms with Crippen molar-refractivity contribution >= 4 is 0 Å². The zero-order chi connectivity index (χ0) is 15.9. The number of H-pyrrole nitrogens is 1. The number of alkyl halides is 4. The standard InChI is InChI=1S/C10H10F4N2O5/c11-5-4(2-17)21-8(6(5)18)16-1-3(10(12,13)14)7(19)15-9(16)20/h1,4-6,8,17-18H,2H2,(H,15,19,20)/t4-,5-,6-,8-/m0/s1. The summed E-state index contributed by atoms with van der Waals surface area (Å²) in [5, 5.41) is 18.4. The first kappa shape index (κ1) is 15.7. The molecule has 1 fully saturated rings. The Kier molecular flexibility index (Phi) is 3.91. The summed E-state index contributed by atoms with van der Waals surface area (Å²) in [6, 6.07) is 0. The Balaban J connectivity index is 2.50. The van der Waals surface area contributed by atoms with Crippen molar-refractivity contribution in [2.24, 2.45) is 0 Å². The van der Waals surface area contributed by atoms with E-state index < -0.39 is 54.2 Å². The average molecular weight is 314 g/mol. The molecule has 4 atom stereocenters. The third-order valence-corrected chi connectivity index (χ3v) is 3.02. The van der Waals surface area contributed by atoms with Crippen LogP contribution in [0.15, 0.2) is 15.8 Å². The summed E-state index contributed by atoms with van der Waals surface area (Å²) in [5.74, 6) is 0. The molecule has 2 rings (SSSR count). The molecule has 1 aromatic rings. The molecule has 2 heterocycles. The number of nitrogens with zero attached hydrogens (tertiary/aromatic N) is 1. The highest BCUT2D eigenvalue weighted by Gasteiger charge is 2.46. The Hall–Kier alpha value is -1.72. The Morgan fingerprint density at radius 2 is 2.00 bits per heavy atom. The molecule has 0 radical (unpaired) electrons. The number of aromatic amines is 1. The monoisotopic (exact) mass is 314 g/mol. The summed E-state index contributed by atoms with van der Waals surface area (Å²) < 4.78 is 56.4. The van der Waals surface area contributed by atoms with E-state index >= 15 is 0 Å². The molecule has 0 spiro atoms. The van der Waals surface area contributed by atoms with Crippen LogP contribution in [0, 0.1) is 0 Å². The highest BCUT2D eigenvalue weighted by atomic mass is 19.4. The first-order valence-electron chi connectivity index (χ1n) is 5.68. The first-order valence-corrected chi connectivity index (χ1v) is 5.68. The van der Waals surface area contributed by atoms with Crippen molar-refractivity contribution in [3.63, 3.8) is 0 Å². The molecule has 3 N–H and O–H groups in total. The molecule has 7 nitrogen and oxygen atoms in total. The zero-order valence-electron chi connectivity index (χ0n) is 10.2. The topological polar surface area (TPSA) is 105 Å². The van der Waals surface area contributed by atoms with Crippen LogP contribution in [0.1, 0.15) is 11.8 Å². The van der Waals surface area contributed by atoms with Gasteiger partial charge in [-0.25, -0.2) is 9.18 Å². The second kappa shape index (κ2) is 5.24. The van der Waals surface area contributed by atoms with E-state index in [4.69, 9.17) is 9.84 Å². The van der Waals surface area contributed by atoms with Gasteiger partial charge in [0.2, 0.25) is 0 Å². The molecule has 21 heavy (non-hydrogen) atoms. The molecule has 0 unspecified atom stereocenters. The maximum absolute atomic E-state index is 13.5. The zero-order valence-corrected chi connectivity index (χ0v) is 10.2. The van der Waals surface area contributed by atoms with Gasteiger partial charge < -0.3 is 14.9 Å². The number of aromatic nitrogens is 2. The van der Waals surface area contributed by atoms with Gasteiger partial charge in [-0.1, -0.05) is 0 Å². The van der Waals surface area contributed by atoms with Gasteiger partial charge in [0, 0.05) is 6.20 Å².